The first-order valence-corrected chi connectivity index (χ1v) is 12.4. The van der Waals surface area contributed by atoms with Gasteiger partial charge in [0.1, 0.15) is 6.33 Å². The van der Waals surface area contributed by atoms with Gasteiger partial charge in [-0.25, -0.2) is 14.8 Å². The lowest BCUT2D eigenvalue weighted by atomic mass is 10.0. The Morgan fingerprint density at radius 3 is 2.55 bits per heavy atom. The van der Waals surface area contributed by atoms with Gasteiger partial charge in [0.25, 0.3) is 0 Å². The molecule has 40 heavy (non-hydrogen) atoms. The number of allylic oxidation sites excluding steroid dienone is 2. The highest BCUT2D eigenvalue weighted by atomic mass is 19.4. The number of anilines is 1. The molecule has 11 nitrogen and oxygen atoms in total. The number of carbonyl (C=O) groups excluding carboxylic acids is 1. The van der Waals surface area contributed by atoms with E-state index in [2.05, 4.69) is 61.1 Å². The Bertz CT molecular complexity index is 1400. The summed E-state index contributed by atoms with van der Waals surface area (Å²) >= 11 is 0. The fourth-order valence-corrected chi connectivity index (χ4v) is 4.14. The molecule has 1 aromatic carbocycles. The molecule has 2 aliphatic rings. The molecule has 4 rings (SSSR count). The lowest BCUT2D eigenvalue weighted by Crippen LogP contribution is -2.48. The Labute approximate surface area is 228 Å². The van der Waals surface area contributed by atoms with E-state index in [9.17, 15) is 18.0 Å². The van der Waals surface area contributed by atoms with E-state index in [1.807, 2.05) is 4.90 Å². The summed E-state index contributed by atoms with van der Waals surface area (Å²) in [6.07, 6.45) is -0.375. The monoisotopic (exact) mass is 555 g/mol. The Kier molecular flexibility index (Phi) is 8.97. The van der Waals surface area contributed by atoms with Gasteiger partial charge in [0.15, 0.2) is 11.6 Å². The summed E-state index contributed by atoms with van der Waals surface area (Å²) in [5.41, 5.74) is 5.02. The van der Waals surface area contributed by atoms with Gasteiger partial charge in [-0.1, -0.05) is 11.3 Å². The SMILES string of the molecule is CC(C)N1CCN(Cc2ccc(NC(=O)NC3=C=C=C(Oc4cc(N=NN)ncn4)C=C3)cc2C(F)(F)F)CC1. The zero-order valence-electron chi connectivity index (χ0n) is 21.9. The predicted molar refractivity (Wildman–Crippen MR) is 140 cm³/mol. The van der Waals surface area contributed by atoms with Gasteiger partial charge in [0, 0.05) is 50.5 Å². The van der Waals surface area contributed by atoms with Crippen LogP contribution in [0, 0.1) is 0 Å². The minimum Gasteiger partial charge on any atom is -0.430 e. The highest BCUT2D eigenvalue weighted by Gasteiger charge is 2.34. The number of halogens is 3. The molecule has 4 N–H and O–H groups in total. The second kappa shape index (κ2) is 12.6. The second-order valence-electron chi connectivity index (χ2n) is 9.25. The molecule has 0 spiro atoms. The maximum atomic E-state index is 13.9. The van der Waals surface area contributed by atoms with Gasteiger partial charge in [-0.15, -0.1) is 5.11 Å². The van der Waals surface area contributed by atoms with Crippen LogP contribution in [0.4, 0.5) is 29.5 Å². The van der Waals surface area contributed by atoms with Gasteiger partial charge in [-0.2, -0.15) is 13.2 Å². The van der Waals surface area contributed by atoms with Gasteiger partial charge in [0.2, 0.25) is 5.88 Å². The highest BCUT2D eigenvalue weighted by molar-refractivity contribution is 5.90. The summed E-state index contributed by atoms with van der Waals surface area (Å²) in [4.78, 5) is 24.6. The fourth-order valence-electron chi connectivity index (χ4n) is 4.14. The van der Waals surface area contributed by atoms with E-state index in [0.29, 0.717) is 19.1 Å². The normalized spacial score (nSPS) is 16.2. The number of carbonyl (C=O) groups is 1. The molecule has 0 bridgehead atoms. The second-order valence-corrected chi connectivity index (χ2v) is 9.25. The topological polar surface area (TPSA) is 133 Å². The Morgan fingerprint density at radius 1 is 1.12 bits per heavy atom. The summed E-state index contributed by atoms with van der Waals surface area (Å²) in [7, 11) is 0. The standard InChI is InChI=1S/C26H28F3N9O2/c1-17(2)38-11-9-37(10-12-38)15-18-3-4-20(13-22(18)26(27,28)29)34-25(39)33-19-5-7-21(8-6-19)40-24-14-23(35-36-30)31-16-32-24/h3-5,7,13-14,16-17H,9-12,15H2,1-2H3,(H2,33,34,39)(H2,30,31,32,35). The number of nitrogens with two attached hydrogens (primary N) is 1. The lowest BCUT2D eigenvalue weighted by molar-refractivity contribution is -0.138. The molecule has 14 heteroatoms. The minimum absolute atomic E-state index is 0.0105. The third kappa shape index (κ3) is 7.78. The van der Waals surface area contributed by atoms with Crippen LogP contribution >= 0.6 is 0 Å². The van der Waals surface area contributed by atoms with Crippen molar-refractivity contribution in [3.63, 3.8) is 0 Å². The smallest absolute Gasteiger partial charge is 0.416 e. The summed E-state index contributed by atoms with van der Waals surface area (Å²) in [5, 5.41) is 11.7. The Morgan fingerprint density at radius 2 is 1.90 bits per heavy atom. The van der Waals surface area contributed by atoms with Crippen LogP contribution in [0.3, 0.4) is 0 Å². The maximum absolute atomic E-state index is 13.9. The van der Waals surface area contributed by atoms with Crippen molar-refractivity contribution in [3.8, 4) is 5.88 Å². The molecule has 210 valence electrons. The number of aromatic nitrogens is 2. The highest BCUT2D eigenvalue weighted by Crippen LogP contribution is 2.34. The average Bonchev–Trinajstić information content (AvgIpc) is 2.91. The fraction of sp³-hybridized carbons (Fsp3) is 0.346. The molecule has 0 unspecified atom stereocenters. The van der Waals surface area contributed by atoms with Gasteiger partial charge < -0.3 is 21.2 Å². The molecule has 2 amide bonds. The van der Waals surface area contributed by atoms with Crippen molar-refractivity contribution >= 4 is 17.5 Å². The minimum atomic E-state index is -4.57. The molecular weight excluding hydrogens is 527 g/mol. The molecule has 2 aromatic rings. The van der Waals surface area contributed by atoms with Gasteiger partial charge in [-0.05, 0) is 55.2 Å². The van der Waals surface area contributed by atoms with Crippen LogP contribution in [0.25, 0.3) is 0 Å². The van der Waals surface area contributed by atoms with Gasteiger partial charge in [-0.3, -0.25) is 9.80 Å². The van der Waals surface area contributed by atoms with Crippen molar-refractivity contribution < 1.29 is 22.7 Å². The van der Waals surface area contributed by atoms with E-state index in [1.165, 1.54) is 36.7 Å². The van der Waals surface area contributed by atoms with E-state index < -0.39 is 17.8 Å². The molecule has 0 saturated carbocycles. The van der Waals surface area contributed by atoms with Crippen LogP contribution in [0.5, 0.6) is 5.88 Å². The zero-order valence-corrected chi connectivity index (χ0v) is 21.9. The number of benzene rings is 1. The number of hydrogen-bond donors (Lipinski definition) is 3. The quantitative estimate of drug-likeness (QED) is 0.192. The number of urea groups is 1. The number of rotatable bonds is 8. The number of amides is 2. The third-order valence-corrected chi connectivity index (χ3v) is 6.18. The molecule has 1 fully saturated rings. The van der Waals surface area contributed by atoms with E-state index in [1.54, 1.807) is 0 Å². The first kappa shape index (κ1) is 28.5. The van der Waals surface area contributed by atoms with E-state index in [-0.39, 0.29) is 40.9 Å². The van der Waals surface area contributed by atoms with Gasteiger partial charge >= 0.3 is 12.2 Å². The molecule has 1 saturated heterocycles. The summed E-state index contributed by atoms with van der Waals surface area (Å²) < 4.78 is 47.2. The lowest BCUT2D eigenvalue weighted by Gasteiger charge is -2.37. The van der Waals surface area contributed by atoms with Gasteiger partial charge in [0.05, 0.1) is 11.3 Å². The molecule has 1 aliphatic heterocycles. The van der Waals surface area contributed by atoms with Crippen molar-refractivity contribution in [3.05, 3.63) is 76.8 Å². The van der Waals surface area contributed by atoms with Crippen LogP contribution in [-0.4, -0.2) is 58.0 Å². The van der Waals surface area contributed by atoms with Crippen molar-refractivity contribution in [1.82, 2.24) is 25.1 Å². The first-order valence-electron chi connectivity index (χ1n) is 12.4. The van der Waals surface area contributed by atoms with Crippen molar-refractivity contribution in [1.29, 1.82) is 0 Å². The number of alkyl halides is 3. The van der Waals surface area contributed by atoms with Crippen molar-refractivity contribution in [2.24, 2.45) is 16.2 Å². The van der Waals surface area contributed by atoms with E-state index in [0.717, 1.165) is 19.2 Å². The molecule has 1 aliphatic carbocycles. The van der Waals surface area contributed by atoms with Crippen LogP contribution in [0.2, 0.25) is 0 Å². The molecule has 0 atom stereocenters. The molecular formula is C26H28F3N9O2. The molecule has 1 aromatic heterocycles. The zero-order chi connectivity index (χ0) is 28.7. The van der Waals surface area contributed by atoms with Crippen LogP contribution in [0.1, 0.15) is 25.0 Å². The number of piperazine rings is 1. The number of nitrogens with one attached hydrogen (secondary N) is 2. The van der Waals surface area contributed by atoms with E-state index >= 15 is 0 Å². The average molecular weight is 556 g/mol. The predicted octanol–water partition coefficient (Wildman–Crippen LogP) is 4.27. The third-order valence-electron chi connectivity index (χ3n) is 6.18. The molecule has 0 radical (unpaired) electrons. The Hall–Kier alpha value is -4.48. The van der Waals surface area contributed by atoms with E-state index in [4.69, 9.17) is 10.6 Å². The first-order chi connectivity index (χ1) is 19.1. The summed E-state index contributed by atoms with van der Waals surface area (Å²) in [6, 6.07) is 4.88. The number of hydrogen-bond acceptors (Lipinski definition) is 8. The number of ether oxygens (including phenoxy) is 1. The van der Waals surface area contributed by atoms with Crippen LogP contribution in [0.15, 0.2) is 76.0 Å². The maximum Gasteiger partial charge on any atom is 0.416 e. The van der Waals surface area contributed by atoms with Crippen LogP contribution in [-0.2, 0) is 12.7 Å². The summed E-state index contributed by atoms with van der Waals surface area (Å²) in [5.74, 6) is 5.58. The molecule has 2 heterocycles. The number of nitrogens with zero attached hydrogens (tertiary/aromatic N) is 6. The van der Waals surface area contributed by atoms with Crippen molar-refractivity contribution in [2.45, 2.75) is 32.6 Å². The van der Waals surface area contributed by atoms with Crippen LogP contribution < -0.4 is 21.2 Å². The Balaban J connectivity index is 1.39. The summed E-state index contributed by atoms with van der Waals surface area (Å²) in [6.45, 7) is 7.39. The largest absolute Gasteiger partial charge is 0.430 e. The van der Waals surface area contributed by atoms with Crippen molar-refractivity contribution in [2.75, 3.05) is 31.5 Å².